The van der Waals surface area contributed by atoms with Gasteiger partial charge in [0.2, 0.25) is 0 Å². The summed E-state index contributed by atoms with van der Waals surface area (Å²) in [5.74, 6) is 0. The van der Waals surface area contributed by atoms with E-state index in [1.807, 2.05) is 17.9 Å². The summed E-state index contributed by atoms with van der Waals surface area (Å²) in [5.41, 5.74) is 1.12. The maximum absolute atomic E-state index is 5.44. The van der Waals surface area contributed by atoms with Crippen molar-refractivity contribution in [3.05, 3.63) is 11.9 Å². The van der Waals surface area contributed by atoms with Crippen LogP contribution >= 0.6 is 0 Å². The van der Waals surface area contributed by atoms with Crippen molar-refractivity contribution in [1.82, 2.24) is 25.2 Å². The summed E-state index contributed by atoms with van der Waals surface area (Å²) < 4.78 is 7.26. The minimum Gasteiger partial charge on any atom is -0.380 e. The van der Waals surface area contributed by atoms with Gasteiger partial charge >= 0.3 is 0 Å². The van der Waals surface area contributed by atoms with Crippen LogP contribution in [0.4, 0.5) is 0 Å². The lowest BCUT2D eigenvalue weighted by atomic mass is 10.2. The Hall–Kier alpha value is -0.980. The van der Waals surface area contributed by atoms with Crippen molar-refractivity contribution in [1.29, 1.82) is 0 Å². The van der Waals surface area contributed by atoms with E-state index in [2.05, 4.69) is 27.5 Å². The average molecular weight is 253 g/mol. The third kappa shape index (κ3) is 3.76. The summed E-state index contributed by atoms with van der Waals surface area (Å²) in [6, 6.07) is 0.285. The number of aryl methyl sites for hydroxylation is 1. The molecule has 18 heavy (non-hydrogen) atoms. The fourth-order valence-corrected chi connectivity index (χ4v) is 2.25. The average Bonchev–Trinajstić information content (AvgIpc) is 2.63. The minimum absolute atomic E-state index is 0.285. The molecule has 0 saturated carbocycles. The highest BCUT2D eigenvalue weighted by Crippen LogP contribution is 2.08. The fraction of sp³-hybridized carbons (Fsp3) is 0.833. The first-order valence-electron chi connectivity index (χ1n) is 6.65. The highest BCUT2D eigenvalue weighted by molar-refractivity contribution is 4.99. The van der Waals surface area contributed by atoms with E-state index in [1.54, 1.807) is 0 Å². The normalized spacial score (nSPS) is 19.7. The van der Waals surface area contributed by atoms with Crippen LogP contribution in [0.2, 0.25) is 0 Å². The molecule has 1 atom stereocenters. The highest BCUT2D eigenvalue weighted by atomic mass is 16.5. The quantitative estimate of drug-likeness (QED) is 0.812. The molecule has 0 bridgehead atoms. The summed E-state index contributed by atoms with van der Waals surface area (Å²) in [5, 5.41) is 11.4. The molecule has 2 heterocycles. The first kappa shape index (κ1) is 13.5. The molecular formula is C12H23N5O. The van der Waals surface area contributed by atoms with Crippen molar-refractivity contribution in [3.8, 4) is 0 Å². The second kappa shape index (κ2) is 6.82. The number of nitrogens with zero attached hydrogens (tertiary/aromatic N) is 4. The molecule has 1 unspecified atom stereocenters. The third-order valence-electron chi connectivity index (χ3n) is 3.39. The Labute approximate surface area is 108 Å². The van der Waals surface area contributed by atoms with Crippen LogP contribution in [0.25, 0.3) is 0 Å². The Morgan fingerprint density at radius 2 is 2.33 bits per heavy atom. The van der Waals surface area contributed by atoms with Crippen molar-refractivity contribution >= 4 is 0 Å². The largest absolute Gasteiger partial charge is 0.380 e. The Kier molecular flexibility index (Phi) is 5.10. The molecule has 2 rings (SSSR count). The number of hydrogen-bond donors (Lipinski definition) is 1. The van der Waals surface area contributed by atoms with E-state index in [4.69, 9.17) is 4.74 Å². The molecule has 1 fully saturated rings. The summed E-state index contributed by atoms with van der Waals surface area (Å²) in [7, 11) is 1.92. The predicted molar refractivity (Wildman–Crippen MR) is 69.3 cm³/mol. The first-order chi connectivity index (χ1) is 8.77. The Balaban J connectivity index is 1.70. The fourth-order valence-electron chi connectivity index (χ4n) is 2.25. The zero-order valence-electron chi connectivity index (χ0n) is 11.3. The predicted octanol–water partition coefficient (Wildman–Crippen LogP) is 0.188. The molecule has 102 valence electrons. The van der Waals surface area contributed by atoms with E-state index in [9.17, 15) is 0 Å². The highest BCUT2D eigenvalue weighted by Gasteiger charge is 2.11. The van der Waals surface area contributed by atoms with E-state index in [0.29, 0.717) is 0 Å². The van der Waals surface area contributed by atoms with Crippen LogP contribution in [0.15, 0.2) is 6.20 Å². The first-order valence-corrected chi connectivity index (χ1v) is 6.65. The zero-order valence-corrected chi connectivity index (χ0v) is 11.3. The van der Waals surface area contributed by atoms with Gasteiger partial charge in [0.25, 0.3) is 0 Å². The number of nitrogens with one attached hydrogen (secondary N) is 1. The van der Waals surface area contributed by atoms with Gasteiger partial charge in [0, 0.05) is 45.9 Å². The van der Waals surface area contributed by atoms with Crippen LogP contribution < -0.4 is 5.32 Å². The van der Waals surface area contributed by atoms with E-state index < -0.39 is 0 Å². The Morgan fingerprint density at radius 1 is 1.44 bits per heavy atom. The van der Waals surface area contributed by atoms with Crippen LogP contribution in [0, 0.1) is 0 Å². The van der Waals surface area contributed by atoms with Crippen LogP contribution in [0.5, 0.6) is 0 Å². The van der Waals surface area contributed by atoms with E-state index in [-0.39, 0.29) is 6.04 Å². The number of rotatable bonds is 5. The molecule has 1 aromatic heterocycles. The third-order valence-corrected chi connectivity index (χ3v) is 3.39. The van der Waals surface area contributed by atoms with Crippen LogP contribution in [-0.2, 0) is 11.8 Å². The lowest BCUT2D eigenvalue weighted by Gasteiger charge is -2.21. The van der Waals surface area contributed by atoms with Gasteiger partial charge in [0.05, 0.1) is 18.5 Å². The van der Waals surface area contributed by atoms with Crippen LogP contribution in [0.3, 0.4) is 0 Å². The van der Waals surface area contributed by atoms with E-state index in [0.717, 1.165) is 51.5 Å². The van der Waals surface area contributed by atoms with Crippen molar-refractivity contribution < 1.29 is 4.74 Å². The van der Waals surface area contributed by atoms with Crippen molar-refractivity contribution in [3.63, 3.8) is 0 Å². The summed E-state index contributed by atoms with van der Waals surface area (Å²) in [4.78, 5) is 2.45. The molecule has 6 nitrogen and oxygen atoms in total. The number of ether oxygens (including phenoxy) is 1. The molecule has 1 aromatic rings. The molecule has 0 aromatic carbocycles. The van der Waals surface area contributed by atoms with Gasteiger partial charge in [0.15, 0.2) is 0 Å². The van der Waals surface area contributed by atoms with Gasteiger partial charge < -0.3 is 10.1 Å². The van der Waals surface area contributed by atoms with Gasteiger partial charge in [-0.3, -0.25) is 9.58 Å². The van der Waals surface area contributed by atoms with Gasteiger partial charge in [-0.2, -0.15) is 0 Å². The van der Waals surface area contributed by atoms with Gasteiger partial charge in [0.1, 0.15) is 0 Å². The van der Waals surface area contributed by atoms with Gasteiger partial charge in [-0.1, -0.05) is 5.21 Å². The number of hydrogen-bond acceptors (Lipinski definition) is 5. The summed E-state index contributed by atoms with van der Waals surface area (Å²) in [6.07, 6.45) is 2.96. The van der Waals surface area contributed by atoms with Crippen molar-refractivity contribution in [2.45, 2.75) is 19.4 Å². The maximum atomic E-state index is 5.44. The SMILES string of the molecule is CC(NCCN1CCCOCC1)c1cnnn1C. The maximum Gasteiger partial charge on any atom is 0.0750 e. The second-order valence-electron chi connectivity index (χ2n) is 4.77. The van der Waals surface area contributed by atoms with Gasteiger partial charge in [-0.15, -0.1) is 5.10 Å². The van der Waals surface area contributed by atoms with Crippen LogP contribution in [0.1, 0.15) is 25.1 Å². The molecule has 1 N–H and O–H groups in total. The van der Waals surface area contributed by atoms with Gasteiger partial charge in [-0.25, -0.2) is 0 Å². The minimum atomic E-state index is 0.285. The summed E-state index contributed by atoms with van der Waals surface area (Å²) in [6.45, 7) is 8.14. The molecule has 0 radical (unpaired) electrons. The number of aromatic nitrogens is 3. The Morgan fingerprint density at radius 3 is 3.11 bits per heavy atom. The molecule has 1 aliphatic rings. The van der Waals surface area contributed by atoms with Crippen molar-refractivity contribution in [2.24, 2.45) is 7.05 Å². The topological polar surface area (TPSA) is 55.2 Å². The smallest absolute Gasteiger partial charge is 0.0750 e. The molecule has 0 spiro atoms. The molecular weight excluding hydrogens is 230 g/mol. The lowest BCUT2D eigenvalue weighted by molar-refractivity contribution is 0.141. The standard InChI is InChI=1S/C12H23N5O/c1-11(12-10-14-15-16(12)2)13-4-6-17-5-3-8-18-9-7-17/h10-11,13H,3-9H2,1-2H3. The molecule has 0 amide bonds. The molecule has 6 heteroatoms. The molecule has 1 saturated heterocycles. The molecule has 0 aliphatic carbocycles. The van der Waals surface area contributed by atoms with Gasteiger partial charge in [-0.05, 0) is 13.3 Å². The monoisotopic (exact) mass is 253 g/mol. The van der Waals surface area contributed by atoms with Crippen LogP contribution in [-0.4, -0.2) is 59.3 Å². The Bertz CT molecular complexity index is 346. The van der Waals surface area contributed by atoms with E-state index >= 15 is 0 Å². The van der Waals surface area contributed by atoms with E-state index in [1.165, 1.54) is 0 Å². The zero-order chi connectivity index (χ0) is 12.8. The van der Waals surface area contributed by atoms with Crippen molar-refractivity contribution in [2.75, 3.05) is 39.4 Å². The lowest BCUT2D eigenvalue weighted by Crippen LogP contribution is -2.35. The summed E-state index contributed by atoms with van der Waals surface area (Å²) >= 11 is 0. The molecule has 1 aliphatic heterocycles. The second-order valence-corrected chi connectivity index (χ2v) is 4.77.